The predicted octanol–water partition coefficient (Wildman–Crippen LogP) is -0.461. The number of hydrogen-bond donors (Lipinski definition) is 2. The number of primary amides is 1. The Labute approximate surface area is 71.3 Å². The zero-order valence-corrected chi connectivity index (χ0v) is 6.39. The Hall–Kier alpha value is -1.27. The lowest BCUT2D eigenvalue weighted by atomic mass is 10.0. The average Bonchev–Trinajstić information content (AvgIpc) is 2.29. The molecule has 1 rings (SSSR count). The summed E-state index contributed by atoms with van der Waals surface area (Å²) in [6.07, 6.45) is -5.11. The Balaban J connectivity index is 2.71. The summed E-state index contributed by atoms with van der Waals surface area (Å²) in [5.74, 6) is -3.33. The molecule has 0 spiro atoms. The Morgan fingerprint density at radius 1 is 1.54 bits per heavy atom. The normalized spacial score (nSPS) is 28.7. The van der Waals surface area contributed by atoms with Crippen LogP contribution in [0.15, 0.2) is 0 Å². The summed E-state index contributed by atoms with van der Waals surface area (Å²) < 4.78 is 36.0. The molecule has 1 aliphatic heterocycles. The van der Waals surface area contributed by atoms with Crippen molar-refractivity contribution in [3.8, 4) is 0 Å². The van der Waals surface area contributed by atoms with Crippen molar-refractivity contribution >= 4 is 11.8 Å². The van der Waals surface area contributed by atoms with Gasteiger partial charge in [-0.3, -0.25) is 9.59 Å². The molecule has 0 aromatic heterocycles. The van der Waals surface area contributed by atoms with E-state index in [0.29, 0.717) is 0 Å². The van der Waals surface area contributed by atoms with Crippen LogP contribution < -0.4 is 11.1 Å². The topological polar surface area (TPSA) is 72.2 Å². The lowest BCUT2D eigenvalue weighted by Crippen LogP contribution is -2.38. The van der Waals surface area contributed by atoms with Gasteiger partial charge in [0.2, 0.25) is 11.8 Å². The second-order valence-electron chi connectivity index (χ2n) is 2.79. The van der Waals surface area contributed by atoms with E-state index in [1.54, 1.807) is 5.32 Å². The number of carbonyl (C=O) groups is 2. The van der Waals surface area contributed by atoms with Crippen LogP contribution in [0.5, 0.6) is 0 Å². The third-order valence-corrected chi connectivity index (χ3v) is 1.84. The van der Waals surface area contributed by atoms with Crippen LogP contribution in [0, 0.1) is 5.92 Å². The van der Waals surface area contributed by atoms with Crippen LogP contribution >= 0.6 is 0 Å². The van der Waals surface area contributed by atoms with Crippen LogP contribution in [0.25, 0.3) is 0 Å². The van der Waals surface area contributed by atoms with E-state index in [1.165, 1.54) is 0 Å². The van der Waals surface area contributed by atoms with E-state index < -0.39 is 36.4 Å². The quantitative estimate of drug-likeness (QED) is 0.557. The molecule has 2 amide bonds. The Bertz CT molecular complexity index is 251. The highest BCUT2D eigenvalue weighted by atomic mass is 19.4. The van der Waals surface area contributed by atoms with Gasteiger partial charge >= 0.3 is 6.18 Å². The van der Waals surface area contributed by atoms with Gasteiger partial charge in [-0.25, -0.2) is 0 Å². The van der Waals surface area contributed by atoms with Crippen LogP contribution in [0.1, 0.15) is 6.42 Å². The van der Waals surface area contributed by atoms with Gasteiger partial charge in [0.1, 0.15) is 12.0 Å². The number of amides is 2. The van der Waals surface area contributed by atoms with Crippen molar-refractivity contribution in [2.75, 3.05) is 0 Å². The molecule has 0 radical (unpaired) electrons. The molecule has 0 aromatic carbocycles. The minimum atomic E-state index is -4.51. The van der Waals surface area contributed by atoms with E-state index in [2.05, 4.69) is 0 Å². The Morgan fingerprint density at radius 2 is 2.08 bits per heavy atom. The van der Waals surface area contributed by atoms with E-state index in [1.807, 2.05) is 0 Å². The molecule has 4 nitrogen and oxygen atoms in total. The van der Waals surface area contributed by atoms with Crippen molar-refractivity contribution in [3.05, 3.63) is 0 Å². The maximum atomic E-state index is 12.0. The monoisotopic (exact) mass is 196 g/mol. The molecule has 0 bridgehead atoms. The highest BCUT2D eigenvalue weighted by Gasteiger charge is 2.49. The van der Waals surface area contributed by atoms with Crippen molar-refractivity contribution in [1.29, 1.82) is 0 Å². The van der Waals surface area contributed by atoms with Gasteiger partial charge in [-0.2, -0.15) is 13.2 Å². The van der Waals surface area contributed by atoms with Gasteiger partial charge < -0.3 is 11.1 Å². The van der Waals surface area contributed by atoms with Gasteiger partial charge in [-0.15, -0.1) is 0 Å². The first-order chi connectivity index (χ1) is 5.82. The molecule has 2 atom stereocenters. The van der Waals surface area contributed by atoms with Crippen molar-refractivity contribution in [3.63, 3.8) is 0 Å². The predicted molar refractivity (Wildman–Crippen MR) is 35.3 cm³/mol. The number of nitrogens with two attached hydrogens (primary N) is 1. The molecule has 3 N–H and O–H groups in total. The first kappa shape index (κ1) is 9.82. The summed E-state index contributed by atoms with van der Waals surface area (Å²) in [6, 6.07) is -1.95. The van der Waals surface area contributed by atoms with Crippen LogP contribution in [0.2, 0.25) is 0 Å². The van der Waals surface area contributed by atoms with E-state index in [-0.39, 0.29) is 0 Å². The van der Waals surface area contributed by atoms with Gasteiger partial charge in [0.15, 0.2) is 0 Å². The zero-order chi connectivity index (χ0) is 10.2. The molecule has 13 heavy (non-hydrogen) atoms. The standard InChI is InChI=1S/C6H7F3N2O2/c7-6(8,9)3-1-2(4(10)12)5(13)11-3/h2-3H,1H2,(H2,10,12)(H,11,13). The smallest absolute Gasteiger partial charge is 0.369 e. The van der Waals surface area contributed by atoms with Crippen LogP contribution in [-0.2, 0) is 9.59 Å². The second kappa shape index (κ2) is 2.90. The van der Waals surface area contributed by atoms with Crippen LogP contribution in [0.4, 0.5) is 13.2 Å². The van der Waals surface area contributed by atoms with Crippen molar-refractivity contribution in [2.24, 2.45) is 11.7 Å². The fourth-order valence-corrected chi connectivity index (χ4v) is 1.13. The number of rotatable bonds is 1. The van der Waals surface area contributed by atoms with Gasteiger partial charge in [0.25, 0.3) is 0 Å². The highest BCUT2D eigenvalue weighted by molar-refractivity contribution is 6.01. The SMILES string of the molecule is NC(=O)C1CC(C(F)(F)F)NC1=O. The van der Waals surface area contributed by atoms with Gasteiger partial charge in [-0.05, 0) is 6.42 Å². The number of alkyl halides is 3. The number of halogens is 3. The third kappa shape index (κ3) is 1.90. The molecular weight excluding hydrogens is 189 g/mol. The minimum absolute atomic E-state index is 0.600. The first-order valence-electron chi connectivity index (χ1n) is 3.49. The lowest BCUT2D eigenvalue weighted by Gasteiger charge is -2.13. The highest BCUT2D eigenvalue weighted by Crippen LogP contribution is 2.29. The number of carbonyl (C=O) groups excluding carboxylic acids is 2. The van der Waals surface area contributed by atoms with E-state index in [9.17, 15) is 22.8 Å². The zero-order valence-electron chi connectivity index (χ0n) is 6.39. The average molecular weight is 196 g/mol. The molecule has 0 saturated carbocycles. The van der Waals surface area contributed by atoms with Crippen molar-refractivity contribution < 1.29 is 22.8 Å². The molecular formula is C6H7F3N2O2. The summed E-state index contributed by atoms with van der Waals surface area (Å²) in [4.78, 5) is 21.2. The molecule has 1 fully saturated rings. The van der Waals surface area contributed by atoms with Gasteiger partial charge in [-0.1, -0.05) is 0 Å². The van der Waals surface area contributed by atoms with Gasteiger partial charge in [0.05, 0.1) is 0 Å². The van der Waals surface area contributed by atoms with E-state index in [0.717, 1.165) is 0 Å². The number of hydrogen-bond acceptors (Lipinski definition) is 2. The molecule has 1 heterocycles. The third-order valence-electron chi connectivity index (χ3n) is 1.84. The maximum Gasteiger partial charge on any atom is 0.408 e. The molecule has 1 saturated heterocycles. The molecule has 74 valence electrons. The largest absolute Gasteiger partial charge is 0.408 e. The van der Waals surface area contributed by atoms with E-state index >= 15 is 0 Å². The fourth-order valence-electron chi connectivity index (χ4n) is 1.13. The van der Waals surface area contributed by atoms with Crippen LogP contribution in [0.3, 0.4) is 0 Å². The summed E-state index contributed by atoms with van der Waals surface area (Å²) in [6.45, 7) is 0. The summed E-state index contributed by atoms with van der Waals surface area (Å²) in [7, 11) is 0. The summed E-state index contributed by atoms with van der Waals surface area (Å²) >= 11 is 0. The number of nitrogens with one attached hydrogen (secondary N) is 1. The maximum absolute atomic E-state index is 12.0. The molecule has 0 aromatic rings. The summed E-state index contributed by atoms with van der Waals surface area (Å²) in [5, 5.41) is 1.66. The second-order valence-corrected chi connectivity index (χ2v) is 2.79. The summed E-state index contributed by atoms with van der Waals surface area (Å²) in [5.41, 5.74) is 4.73. The van der Waals surface area contributed by atoms with E-state index in [4.69, 9.17) is 5.73 Å². The Morgan fingerprint density at radius 3 is 2.31 bits per heavy atom. The van der Waals surface area contributed by atoms with Crippen molar-refractivity contribution in [2.45, 2.75) is 18.6 Å². The fraction of sp³-hybridized carbons (Fsp3) is 0.667. The molecule has 0 aliphatic carbocycles. The lowest BCUT2D eigenvalue weighted by molar-refractivity contribution is -0.155. The minimum Gasteiger partial charge on any atom is -0.369 e. The Kier molecular flexibility index (Phi) is 2.19. The molecule has 2 unspecified atom stereocenters. The molecule has 7 heteroatoms. The molecule has 1 aliphatic rings. The first-order valence-corrected chi connectivity index (χ1v) is 3.49. The van der Waals surface area contributed by atoms with Crippen LogP contribution in [-0.4, -0.2) is 24.0 Å². The van der Waals surface area contributed by atoms with Gasteiger partial charge in [0, 0.05) is 0 Å². The van der Waals surface area contributed by atoms with Crippen molar-refractivity contribution in [1.82, 2.24) is 5.32 Å².